The van der Waals surface area contributed by atoms with Gasteiger partial charge in [0, 0.05) is 50.8 Å². The van der Waals surface area contributed by atoms with E-state index in [9.17, 15) is 4.79 Å². The van der Waals surface area contributed by atoms with Crippen LogP contribution in [0.25, 0.3) is 0 Å². The number of allylic oxidation sites excluding steroid dienone is 4. The van der Waals surface area contributed by atoms with E-state index in [1.54, 1.807) is 19.3 Å². The van der Waals surface area contributed by atoms with Crippen LogP contribution >= 0.6 is 15.9 Å². The first kappa shape index (κ1) is 23.8. The molecule has 1 saturated heterocycles. The molecule has 1 aliphatic carbocycles. The predicted molar refractivity (Wildman–Crippen MR) is 139 cm³/mol. The number of rotatable bonds is 7. The van der Waals surface area contributed by atoms with E-state index in [4.69, 9.17) is 6.42 Å². The van der Waals surface area contributed by atoms with E-state index in [1.807, 2.05) is 18.2 Å². The Morgan fingerprint density at radius 3 is 2.65 bits per heavy atom. The molecule has 3 N–H and O–H groups in total. The summed E-state index contributed by atoms with van der Waals surface area (Å²) in [5.74, 6) is 3.63. The van der Waals surface area contributed by atoms with E-state index in [2.05, 4.69) is 69.7 Å². The van der Waals surface area contributed by atoms with Crippen LogP contribution in [0.15, 0.2) is 58.5 Å². The van der Waals surface area contributed by atoms with Crippen LogP contribution in [-0.4, -0.2) is 65.4 Å². The number of nitrogens with zero attached hydrogens (tertiary/aromatic N) is 4. The highest BCUT2D eigenvalue weighted by atomic mass is 79.9. The van der Waals surface area contributed by atoms with Gasteiger partial charge in [-0.15, -0.1) is 6.42 Å². The van der Waals surface area contributed by atoms with Gasteiger partial charge in [0.25, 0.3) is 5.91 Å². The highest BCUT2D eigenvalue weighted by Crippen LogP contribution is 2.28. The Balaban J connectivity index is 1.42. The molecule has 1 aromatic heterocycles. The summed E-state index contributed by atoms with van der Waals surface area (Å²) in [6, 6.07) is 7.30. The number of hydrogen-bond donors (Lipinski definition) is 3. The lowest BCUT2D eigenvalue weighted by Crippen LogP contribution is -2.45. The van der Waals surface area contributed by atoms with Crippen molar-refractivity contribution in [3.63, 3.8) is 0 Å². The minimum Gasteiger partial charge on any atom is -0.372 e. The van der Waals surface area contributed by atoms with Crippen molar-refractivity contribution in [3.8, 4) is 12.3 Å². The van der Waals surface area contributed by atoms with E-state index in [1.165, 1.54) is 5.70 Å². The summed E-state index contributed by atoms with van der Waals surface area (Å²) in [7, 11) is 1.61. The molecule has 1 aliphatic heterocycles. The molecule has 2 aliphatic rings. The van der Waals surface area contributed by atoms with E-state index in [0.29, 0.717) is 27.5 Å². The summed E-state index contributed by atoms with van der Waals surface area (Å²) >= 11 is 3.50. The third-order valence-electron chi connectivity index (χ3n) is 5.89. The minimum absolute atomic E-state index is 0.168. The fourth-order valence-corrected chi connectivity index (χ4v) is 4.32. The summed E-state index contributed by atoms with van der Waals surface area (Å²) in [6.45, 7) is 4.74. The van der Waals surface area contributed by atoms with Crippen LogP contribution in [0.4, 0.5) is 17.5 Å². The zero-order valence-electron chi connectivity index (χ0n) is 19.1. The number of carbonyl (C=O) groups excluding carboxylic acids is 1. The monoisotopic (exact) mass is 521 g/mol. The van der Waals surface area contributed by atoms with E-state index < -0.39 is 0 Å². The largest absolute Gasteiger partial charge is 0.372 e. The number of para-hydroxylation sites is 1. The molecule has 0 unspecified atom stereocenters. The molecule has 176 valence electrons. The van der Waals surface area contributed by atoms with Crippen LogP contribution in [0.5, 0.6) is 0 Å². The maximum absolute atomic E-state index is 12.2. The van der Waals surface area contributed by atoms with Crippen molar-refractivity contribution in [2.24, 2.45) is 0 Å². The third kappa shape index (κ3) is 5.76. The highest BCUT2D eigenvalue weighted by molar-refractivity contribution is 9.10. The summed E-state index contributed by atoms with van der Waals surface area (Å²) < 4.78 is 0.702. The second-order valence-electron chi connectivity index (χ2n) is 8.08. The van der Waals surface area contributed by atoms with Crippen LogP contribution in [-0.2, 0) is 0 Å². The van der Waals surface area contributed by atoms with Crippen molar-refractivity contribution in [1.29, 1.82) is 0 Å². The van der Waals surface area contributed by atoms with E-state index in [-0.39, 0.29) is 5.91 Å². The lowest BCUT2D eigenvalue weighted by atomic mass is 10.1. The molecule has 9 heteroatoms. The molecular formula is C25H28BrN7O. The van der Waals surface area contributed by atoms with Crippen LogP contribution in [0.3, 0.4) is 0 Å². The lowest BCUT2D eigenvalue weighted by Gasteiger charge is -2.37. The van der Waals surface area contributed by atoms with Gasteiger partial charge in [-0.2, -0.15) is 4.98 Å². The second kappa shape index (κ2) is 11.2. The molecule has 2 heterocycles. The maximum Gasteiger partial charge on any atom is 0.253 e. The van der Waals surface area contributed by atoms with Gasteiger partial charge in [0.15, 0.2) is 0 Å². The first-order chi connectivity index (χ1) is 16.6. The molecule has 1 amide bonds. The fourth-order valence-electron chi connectivity index (χ4n) is 4.03. The van der Waals surface area contributed by atoms with Gasteiger partial charge in [-0.1, -0.05) is 18.1 Å². The van der Waals surface area contributed by atoms with Crippen molar-refractivity contribution in [2.45, 2.75) is 12.8 Å². The molecule has 1 fully saturated rings. The Hall–Kier alpha value is -3.35. The van der Waals surface area contributed by atoms with Crippen LogP contribution in [0, 0.1) is 12.3 Å². The first-order valence-electron chi connectivity index (χ1n) is 11.3. The smallest absolute Gasteiger partial charge is 0.253 e. The standard InChI is InChI=1S/C25H28BrN7O/c1-3-12-32-13-15-33(16-14-32)19-10-8-18(9-11-19)29-25-28-17-21(26)23(31-25)30-22-7-5-4-6-20(22)24(34)27-2/h1,4-8,10,17H,9,11-16H2,2H3,(H,27,34)(H2,28,29,30,31). The molecule has 8 nitrogen and oxygen atoms in total. The van der Waals surface area contributed by atoms with E-state index >= 15 is 0 Å². The minimum atomic E-state index is -0.168. The van der Waals surface area contributed by atoms with Crippen molar-refractivity contribution < 1.29 is 4.79 Å². The number of hydrogen-bond acceptors (Lipinski definition) is 7. The predicted octanol–water partition coefficient (Wildman–Crippen LogP) is 3.57. The number of benzene rings is 1. The van der Waals surface area contributed by atoms with Gasteiger partial charge >= 0.3 is 0 Å². The Kier molecular flexibility index (Phi) is 7.83. The summed E-state index contributed by atoms with van der Waals surface area (Å²) in [4.78, 5) is 26.0. The van der Waals surface area contributed by atoms with Crippen molar-refractivity contribution >= 4 is 39.3 Å². The molecule has 4 rings (SSSR count). The van der Waals surface area contributed by atoms with Gasteiger partial charge in [0.1, 0.15) is 5.82 Å². The quantitative estimate of drug-likeness (QED) is 0.480. The SMILES string of the molecule is C#CCN1CCN(C2=CC=C(Nc3ncc(Br)c(Nc4ccccc4C(=O)NC)n3)CC2)CC1. The van der Waals surface area contributed by atoms with Crippen LogP contribution in [0.2, 0.25) is 0 Å². The average Bonchev–Trinajstić information content (AvgIpc) is 2.87. The van der Waals surface area contributed by atoms with Gasteiger partial charge in [0.05, 0.1) is 22.3 Å². The molecule has 0 radical (unpaired) electrons. The molecule has 0 saturated carbocycles. The average molecular weight is 522 g/mol. The Morgan fingerprint density at radius 1 is 1.15 bits per heavy atom. The molecule has 34 heavy (non-hydrogen) atoms. The first-order valence-corrected chi connectivity index (χ1v) is 12.0. The summed E-state index contributed by atoms with van der Waals surface area (Å²) in [5, 5.41) is 9.24. The second-order valence-corrected chi connectivity index (χ2v) is 8.94. The number of halogens is 1. The molecule has 0 bridgehead atoms. The fraction of sp³-hybridized carbons (Fsp3) is 0.320. The number of nitrogens with one attached hydrogen (secondary N) is 3. The lowest BCUT2D eigenvalue weighted by molar-refractivity contribution is 0.0964. The Morgan fingerprint density at radius 2 is 1.94 bits per heavy atom. The van der Waals surface area contributed by atoms with Gasteiger partial charge in [0.2, 0.25) is 5.95 Å². The Labute approximate surface area is 208 Å². The maximum atomic E-state index is 12.2. The number of carbonyl (C=O) groups is 1. The number of aromatic nitrogens is 2. The van der Waals surface area contributed by atoms with Gasteiger partial charge in [-0.25, -0.2) is 4.98 Å². The molecule has 0 atom stereocenters. The Bertz CT molecular complexity index is 1150. The highest BCUT2D eigenvalue weighted by Gasteiger charge is 2.20. The molecule has 1 aromatic carbocycles. The zero-order chi connectivity index (χ0) is 23.9. The zero-order valence-corrected chi connectivity index (χ0v) is 20.7. The van der Waals surface area contributed by atoms with Crippen molar-refractivity contribution in [3.05, 3.63) is 64.0 Å². The third-order valence-corrected chi connectivity index (χ3v) is 6.47. The van der Waals surface area contributed by atoms with Gasteiger partial charge in [-0.05, 0) is 53.1 Å². The van der Waals surface area contributed by atoms with Crippen LogP contribution in [0.1, 0.15) is 23.2 Å². The molecule has 0 spiro atoms. The van der Waals surface area contributed by atoms with Crippen molar-refractivity contribution in [1.82, 2.24) is 25.1 Å². The summed E-state index contributed by atoms with van der Waals surface area (Å²) in [6.07, 6.45) is 13.3. The molecular weight excluding hydrogens is 494 g/mol. The van der Waals surface area contributed by atoms with Crippen molar-refractivity contribution in [2.75, 3.05) is 50.4 Å². The molecule has 2 aromatic rings. The topological polar surface area (TPSA) is 85.4 Å². The van der Waals surface area contributed by atoms with E-state index in [0.717, 1.165) is 51.3 Å². The van der Waals surface area contributed by atoms with Gasteiger partial charge < -0.3 is 20.9 Å². The number of terminal acetylenes is 1. The van der Waals surface area contributed by atoms with Crippen LogP contribution < -0.4 is 16.0 Å². The van der Waals surface area contributed by atoms with Gasteiger partial charge in [-0.3, -0.25) is 9.69 Å². The number of amides is 1. The number of anilines is 3. The normalized spacial score (nSPS) is 16.2. The summed E-state index contributed by atoms with van der Waals surface area (Å²) in [5.41, 5.74) is 3.63. The number of piperazine rings is 1.